The SMILES string of the molecule is C=C[C@@H]1C[C@]1(NC(=O)[C@@H]1[C@H](C)[C@@H](Oc2ncc(OC)c3ccc(Cl)cc23)CN1Cl)C(=O)OCC. The second-order valence-corrected chi connectivity index (χ2v) is 9.46. The molecule has 1 aliphatic carbocycles. The Balaban J connectivity index is 1.53. The van der Waals surface area contributed by atoms with Crippen molar-refractivity contribution in [1.29, 1.82) is 0 Å². The average Bonchev–Trinajstić information content (AvgIpc) is 3.45. The zero-order valence-corrected chi connectivity index (χ0v) is 20.7. The van der Waals surface area contributed by atoms with Crippen molar-refractivity contribution in [3.05, 3.63) is 42.1 Å². The molecule has 1 aliphatic heterocycles. The highest BCUT2D eigenvalue weighted by Crippen LogP contribution is 2.46. The standard InChI is InChI=1S/C24H27Cl2N3O5/c1-5-14-10-24(14,23(31)33-6-2)28-21(30)20-13(3)19(12-29(20)26)34-22-17-9-15(25)7-8-16(17)18(32-4)11-27-22/h5,7-9,11,13-14,19-20H,1,6,10,12H2,2-4H3,(H,28,30)/t13-,14-,19+,20+,24-/m1/s1. The van der Waals surface area contributed by atoms with Crippen LogP contribution in [0.1, 0.15) is 20.3 Å². The van der Waals surface area contributed by atoms with E-state index in [1.807, 2.05) is 13.0 Å². The number of fused-ring (bicyclic) bond motifs is 1. The molecule has 1 saturated heterocycles. The minimum atomic E-state index is -1.09. The van der Waals surface area contributed by atoms with E-state index in [1.54, 1.807) is 38.4 Å². The maximum atomic E-state index is 13.2. The summed E-state index contributed by atoms with van der Waals surface area (Å²) in [6, 6.07) is 4.66. The number of hydrogen-bond donors (Lipinski definition) is 1. The Morgan fingerprint density at radius 2 is 2.15 bits per heavy atom. The summed E-state index contributed by atoms with van der Waals surface area (Å²) in [5.41, 5.74) is -1.09. The van der Waals surface area contributed by atoms with Gasteiger partial charge < -0.3 is 19.5 Å². The third-order valence-corrected chi connectivity index (χ3v) is 7.14. The lowest BCUT2D eigenvalue weighted by Gasteiger charge is -2.24. The number of carbonyl (C=O) groups excluding carboxylic acids is 2. The van der Waals surface area contributed by atoms with Crippen LogP contribution in [0.25, 0.3) is 10.8 Å². The van der Waals surface area contributed by atoms with E-state index in [2.05, 4.69) is 16.9 Å². The first-order chi connectivity index (χ1) is 16.2. The molecular weight excluding hydrogens is 481 g/mol. The maximum Gasteiger partial charge on any atom is 0.332 e. The zero-order chi connectivity index (χ0) is 24.6. The first-order valence-corrected chi connectivity index (χ1v) is 11.8. The van der Waals surface area contributed by atoms with Crippen LogP contribution in [0.2, 0.25) is 5.02 Å². The highest BCUT2D eigenvalue weighted by molar-refractivity contribution is 6.31. The second kappa shape index (κ2) is 9.60. The molecule has 34 heavy (non-hydrogen) atoms. The van der Waals surface area contributed by atoms with Gasteiger partial charge in [-0.15, -0.1) is 6.58 Å². The molecule has 0 unspecified atom stereocenters. The van der Waals surface area contributed by atoms with E-state index in [0.29, 0.717) is 28.5 Å². The molecule has 4 rings (SSSR count). The maximum absolute atomic E-state index is 13.2. The number of nitrogens with one attached hydrogen (secondary N) is 1. The number of carbonyl (C=O) groups is 2. The van der Waals surface area contributed by atoms with Gasteiger partial charge in [0.05, 0.1) is 26.5 Å². The smallest absolute Gasteiger partial charge is 0.332 e. The molecule has 2 fully saturated rings. The van der Waals surface area contributed by atoms with Crippen molar-refractivity contribution >= 4 is 46.0 Å². The Morgan fingerprint density at radius 1 is 1.38 bits per heavy atom. The van der Waals surface area contributed by atoms with Crippen LogP contribution < -0.4 is 14.8 Å². The Kier molecular flexibility index (Phi) is 6.94. The van der Waals surface area contributed by atoms with E-state index >= 15 is 0 Å². The summed E-state index contributed by atoms with van der Waals surface area (Å²) in [6.45, 7) is 7.88. The number of halogens is 2. The van der Waals surface area contributed by atoms with Crippen molar-refractivity contribution in [3.63, 3.8) is 0 Å². The van der Waals surface area contributed by atoms with E-state index in [1.165, 1.54) is 4.42 Å². The van der Waals surface area contributed by atoms with Gasteiger partial charge in [-0.2, -0.15) is 0 Å². The van der Waals surface area contributed by atoms with Gasteiger partial charge in [0.1, 0.15) is 23.4 Å². The highest BCUT2D eigenvalue weighted by atomic mass is 35.5. The van der Waals surface area contributed by atoms with E-state index in [0.717, 1.165) is 5.39 Å². The van der Waals surface area contributed by atoms with Gasteiger partial charge in [0.25, 0.3) is 0 Å². The fraction of sp³-hybridized carbons (Fsp3) is 0.458. The third-order valence-electron chi connectivity index (χ3n) is 6.55. The first-order valence-electron chi connectivity index (χ1n) is 11.1. The van der Waals surface area contributed by atoms with Crippen LogP contribution in [0.4, 0.5) is 0 Å². The second-order valence-electron chi connectivity index (χ2n) is 8.59. The van der Waals surface area contributed by atoms with Crippen LogP contribution in [0.5, 0.6) is 11.6 Å². The summed E-state index contributed by atoms with van der Waals surface area (Å²) >= 11 is 12.7. The van der Waals surface area contributed by atoms with Gasteiger partial charge in [-0.05, 0) is 43.3 Å². The van der Waals surface area contributed by atoms with Gasteiger partial charge in [0.15, 0.2) is 0 Å². The number of amides is 1. The Hall–Kier alpha value is -2.55. The normalized spacial score (nSPS) is 28.4. The Labute approximate surface area is 208 Å². The fourth-order valence-corrected chi connectivity index (χ4v) is 5.12. The molecule has 5 atom stereocenters. The van der Waals surface area contributed by atoms with Crippen LogP contribution in [-0.4, -0.2) is 59.2 Å². The number of pyridine rings is 1. The third kappa shape index (κ3) is 4.30. The number of hydrogen-bond acceptors (Lipinski definition) is 7. The molecule has 1 N–H and O–H groups in total. The Bertz CT molecular complexity index is 1130. The van der Waals surface area contributed by atoms with Crippen molar-refractivity contribution in [2.45, 2.75) is 38.0 Å². The quantitative estimate of drug-likeness (QED) is 0.330. The largest absolute Gasteiger partial charge is 0.494 e. The summed E-state index contributed by atoms with van der Waals surface area (Å²) in [7, 11) is 1.57. The van der Waals surface area contributed by atoms with Gasteiger partial charge in [-0.25, -0.2) is 14.2 Å². The molecule has 10 heteroatoms. The van der Waals surface area contributed by atoms with E-state index in [4.69, 9.17) is 37.6 Å². The van der Waals surface area contributed by atoms with Crippen molar-refractivity contribution in [1.82, 2.24) is 14.7 Å². The lowest BCUT2D eigenvalue weighted by molar-refractivity contribution is -0.149. The number of rotatable bonds is 8. The summed E-state index contributed by atoms with van der Waals surface area (Å²) in [6.07, 6.45) is 3.27. The molecular formula is C24H27Cl2N3O5. The summed E-state index contributed by atoms with van der Waals surface area (Å²) in [4.78, 5) is 30.2. The van der Waals surface area contributed by atoms with Crippen molar-refractivity contribution in [2.75, 3.05) is 20.3 Å². The number of benzene rings is 1. The molecule has 182 valence electrons. The molecule has 1 amide bonds. The summed E-state index contributed by atoms with van der Waals surface area (Å²) < 4.78 is 18.2. The summed E-state index contributed by atoms with van der Waals surface area (Å²) in [5, 5.41) is 4.91. The fourth-order valence-electron chi connectivity index (χ4n) is 4.54. The van der Waals surface area contributed by atoms with Crippen molar-refractivity contribution in [3.8, 4) is 11.6 Å². The van der Waals surface area contributed by atoms with Crippen molar-refractivity contribution < 1.29 is 23.8 Å². The predicted molar refractivity (Wildman–Crippen MR) is 129 cm³/mol. The van der Waals surface area contributed by atoms with Crippen LogP contribution in [0, 0.1) is 11.8 Å². The molecule has 2 aromatic rings. The molecule has 0 bridgehead atoms. The minimum Gasteiger partial charge on any atom is -0.494 e. The van der Waals surface area contributed by atoms with Gasteiger partial charge in [-0.1, -0.05) is 24.6 Å². The van der Waals surface area contributed by atoms with Gasteiger partial charge in [0.2, 0.25) is 11.8 Å². The molecule has 8 nitrogen and oxygen atoms in total. The van der Waals surface area contributed by atoms with Gasteiger partial charge in [0, 0.05) is 27.6 Å². The molecule has 1 aromatic carbocycles. The molecule has 1 saturated carbocycles. The topological polar surface area (TPSA) is 90.0 Å². The van der Waals surface area contributed by atoms with Crippen LogP contribution >= 0.6 is 23.4 Å². The zero-order valence-electron chi connectivity index (χ0n) is 19.2. The van der Waals surface area contributed by atoms with E-state index in [-0.39, 0.29) is 30.9 Å². The van der Waals surface area contributed by atoms with Crippen LogP contribution in [-0.2, 0) is 14.3 Å². The number of ether oxygens (including phenoxy) is 3. The molecule has 0 radical (unpaired) electrons. The monoisotopic (exact) mass is 507 g/mol. The predicted octanol–water partition coefficient (Wildman–Crippen LogP) is 3.74. The van der Waals surface area contributed by atoms with Gasteiger partial charge in [-0.3, -0.25) is 4.79 Å². The lowest BCUT2D eigenvalue weighted by Crippen LogP contribution is -2.52. The van der Waals surface area contributed by atoms with E-state index < -0.39 is 23.7 Å². The number of aromatic nitrogens is 1. The van der Waals surface area contributed by atoms with Crippen LogP contribution in [0.15, 0.2) is 37.1 Å². The Morgan fingerprint density at radius 3 is 2.79 bits per heavy atom. The first kappa shape index (κ1) is 24.6. The molecule has 2 aliphatic rings. The summed E-state index contributed by atoms with van der Waals surface area (Å²) in [5.74, 6) is -0.322. The lowest BCUT2D eigenvalue weighted by atomic mass is 9.99. The number of methoxy groups -OCH3 is 1. The van der Waals surface area contributed by atoms with Crippen molar-refractivity contribution in [2.24, 2.45) is 11.8 Å². The van der Waals surface area contributed by atoms with Crippen LogP contribution in [0.3, 0.4) is 0 Å². The van der Waals surface area contributed by atoms with E-state index in [9.17, 15) is 9.59 Å². The number of nitrogens with zero attached hydrogens (tertiary/aromatic N) is 2. The average molecular weight is 508 g/mol. The highest BCUT2D eigenvalue weighted by Gasteiger charge is 2.62. The van der Waals surface area contributed by atoms with Gasteiger partial charge >= 0.3 is 5.97 Å². The molecule has 1 aromatic heterocycles. The molecule has 2 heterocycles. The molecule has 0 spiro atoms. The minimum absolute atomic E-state index is 0.178. The number of esters is 1.